The summed E-state index contributed by atoms with van der Waals surface area (Å²) in [5.74, 6) is 1.99. The third-order valence-electron chi connectivity index (χ3n) is 5.09. The zero-order valence-corrected chi connectivity index (χ0v) is 18.5. The molecule has 2 aromatic rings. The van der Waals surface area contributed by atoms with Crippen LogP contribution in [-0.2, 0) is 16.9 Å². The minimum atomic E-state index is -1.13. The van der Waals surface area contributed by atoms with Gasteiger partial charge in [-0.25, -0.2) is 4.99 Å². The number of hydrogen-bond donors (Lipinski definition) is 3. The highest BCUT2D eigenvalue weighted by molar-refractivity contribution is 5.79. The number of benzene rings is 1. The van der Waals surface area contributed by atoms with Crippen LogP contribution in [0.4, 0.5) is 0 Å². The van der Waals surface area contributed by atoms with Crippen molar-refractivity contribution in [1.29, 1.82) is 0 Å². The van der Waals surface area contributed by atoms with Gasteiger partial charge in [-0.15, -0.1) is 0 Å². The van der Waals surface area contributed by atoms with Crippen LogP contribution in [-0.4, -0.2) is 68.5 Å². The second kappa shape index (κ2) is 11.7. The summed E-state index contributed by atoms with van der Waals surface area (Å²) >= 11 is 0. The van der Waals surface area contributed by atoms with Gasteiger partial charge in [0.2, 0.25) is 0 Å². The lowest BCUT2D eigenvalue weighted by Crippen LogP contribution is -2.44. The monoisotopic (exact) mass is 430 g/mol. The minimum absolute atomic E-state index is 0.275. The van der Waals surface area contributed by atoms with Crippen molar-refractivity contribution in [3.05, 3.63) is 54.0 Å². The first-order valence-corrected chi connectivity index (χ1v) is 10.9. The largest absolute Gasteiger partial charge is 0.492 e. The molecule has 1 aromatic carbocycles. The van der Waals surface area contributed by atoms with E-state index >= 15 is 0 Å². The lowest BCUT2D eigenvalue weighted by Gasteiger charge is -2.26. The van der Waals surface area contributed by atoms with E-state index in [1.165, 1.54) is 0 Å². The maximum atomic E-state index is 10.6. The first-order valence-electron chi connectivity index (χ1n) is 10.9. The maximum absolute atomic E-state index is 10.6. The standard InChI is InChI=1S/C23H34N4O4/c1-3-24-22(26-18-23(2,28)21-8-5-12-31-21)25-17-19-6-4-7-20(16-19)30-15-11-27-9-13-29-14-10-27/h4-8,12,16,28H,3,9-11,13-15,17-18H2,1-2H3,(H2,24,25,26). The molecule has 0 aliphatic carbocycles. The Morgan fingerprint density at radius 3 is 2.81 bits per heavy atom. The van der Waals surface area contributed by atoms with Gasteiger partial charge in [-0.05, 0) is 43.7 Å². The first-order chi connectivity index (χ1) is 15.1. The topological polar surface area (TPSA) is 91.5 Å². The second-order valence-corrected chi connectivity index (χ2v) is 7.75. The summed E-state index contributed by atoms with van der Waals surface area (Å²) < 4.78 is 16.6. The molecular weight excluding hydrogens is 396 g/mol. The van der Waals surface area contributed by atoms with E-state index < -0.39 is 5.60 Å². The second-order valence-electron chi connectivity index (χ2n) is 7.75. The van der Waals surface area contributed by atoms with E-state index in [-0.39, 0.29) is 6.54 Å². The number of aliphatic imine (C=N–C) groups is 1. The van der Waals surface area contributed by atoms with Crippen LogP contribution in [0.2, 0.25) is 0 Å². The summed E-state index contributed by atoms with van der Waals surface area (Å²) in [5, 5.41) is 17.0. The molecule has 1 fully saturated rings. The van der Waals surface area contributed by atoms with Crippen LogP contribution in [0.25, 0.3) is 0 Å². The fourth-order valence-corrected chi connectivity index (χ4v) is 3.29. The number of rotatable bonds is 10. The van der Waals surface area contributed by atoms with Gasteiger partial charge in [0.15, 0.2) is 5.96 Å². The summed E-state index contributed by atoms with van der Waals surface area (Å²) in [6, 6.07) is 11.5. The lowest BCUT2D eigenvalue weighted by molar-refractivity contribution is 0.0322. The van der Waals surface area contributed by atoms with E-state index in [4.69, 9.17) is 13.9 Å². The maximum Gasteiger partial charge on any atom is 0.191 e. The van der Waals surface area contributed by atoms with E-state index in [0.29, 0.717) is 24.9 Å². The fraction of sp³-hybridized carbons (Fsp3) is 0.522. The highest BCUT2D eigenvalue weighted by Gasteiger charge is 2.26. The number of nitrogens with one attached hydrogen (secondary N) is 2. The summed E-state index contributed by atoms with van der Waals surface area (Å²) in [4.78, 5) is 6.99. The SMILES string of the molecule is CCNC(=NCc1cccc(OCCN2CCOCC2)c1)NCC(C)(O)c1ccco1. The number of aliphatic hydroxyl groups is 1. The van der Waals surface area contributed by atoms with Crippen LogP contribution in [0, 0.1) is 0 Å². The molecule has 3 N–H and O–H groups in total. The van der Waals surface area contributed by atoms with Crippen LogP contribution in [0.15, 0.2) is 52.1 Å². The molecule has 2 heterocycles. The molecule has 3 rings (SSSR count). The van der Waals surface area contributed by atoms with Gasteiger partial charge in [0.05, 0.1) is 32.6 Å². The number of furan rings is 1. The molecule has 0 bridgehead atoms. The van der Waals surface area contributed by atoms with E-state index in [1.54, 1.807) is 25.3 Å². The Morgan fingerprint density at radius 1 is 1.23 bits per heavy atom. The molecule has 1 atom stereocenters. The fourth-order valence-electron chi connectivity index (χ4n) is 3.29. The molecule has 0 radical (unpaired) electrons. The summed E-state index contributed by atoms with van der Waals surface area (Å²) in [6.07, 6.45) is 1.55. The number of ether oxygens (including phenoxy) is 2. The number of hydrogen-bond acceptors (Lipinski definition) is 6. The Kier molecular flexibility index (Phi) is 8.75. The number of morpholine rings is 1. The van der Waals surface area contributed by atoms with Crippen LogP contribution in [0.5, 0.6) is 5.75 Å². The van der Waals surface area contributed by atoms with Crippen LogP contribution in [0.3, 0.4) is 0 Å². The Bertz CT molecular complexity index is 802. The van der Waals surface area contributed by atoms with E-state index in [2.05, 4.69) is 20.5 Å². The average molecular weight is 431 g/mol. The van der Waals surface area contributed by atoms with E-state index in [1.807, 2.05) is 31.2 Å². The first kappa shape index (κ1) is 23.1. The highest BCUT2D eigenvalue weighted by Crippen LogP contribution is 2.19. The van der Waals surface area contributed by atoms with Crippen molar-refractivity contribution < 1.29 is 19.0 Å². The predicted molar refractivity (Wildman–Crippen MR) is 120 cm³/mol. The van der Waals surface area contributed by atoms with Crippen LogP contribution < -0.4 is 15.4 Å². The Balaban J connectivity index is 1.51. The normalized spacial score (nSPS) is 17.2. The molecule has 0 amide bonds. The lowest BCUT2D eigenvalue weighted by atomic mass is 10.0. The Hall–Kier alpha value is -2.55. The number of nitrogens with zero attached hydrogens (tertiary/aromatic N) is 2. The van der Waals surface area contributed by atoms with Gasteiger partial charge < -0.3 is 29.6 Å². The van der Waals surface area contributed by atoms with Gasteiger partial charge in [-0.2, -0.15) is 0 Å². The molecular formula is C23H34N4O4. The molecule has 0 spiro atoms. The summed E-state index contributed by atoms with van der Waals surface area (Å²) in [5.41, 5.74) is -0.0765. The van der Waals surface area contributed by atoms with Crippen molar-refractivity contribution >= 4 is 5.96 Å². The Morgan fingerprint density at radius 2 is 2.06 bits per heavy atom. The third-order valence-corrected chi connectivity index (χ3v) is 5.09. The molecule has 0 saturated carbocycles. The van der Waals surface area contributed by atoms with Gasteiger partial charge in [-0.3, -0.25) is 4.90 Å². The van der Waals surface area contributed by atoms with Crippen molar-refractivity contribution in [1.82, 2.24) is 15.5 Å². The summed E-state index contributed by atoms with van der Waals surface area (Å²) in [7, 11) is 0. The molecule has 170 valence electrons. The van der Waals surface area contributed by atoms with Crippen molar-refractivity contribution in [2.24, 2.45) is 4.99 Å². The Labute approximate surface area is 184 Å². The molecule has 1 aromatic heterocycles. The molecule has 8 nitrogen and oxygen atoms in total. The molecule has 1 unspecified atom stereocenters. The molecule has 1 aliphatic rings. The van der Waals surface area contributed by atoms with E-state index in [9.17, 15) is 5.11 Å². The van der Waals surface area contributed by atoms with Crippen molar-refractivity contribution in [2.75, 3.05) is 52.5 Å². The molecule has 1 saturated heterocycles. The quantitative estimate of drug-likeness (QED) is 0.392. The van der Waals surface area contributed by atoms with Gasteiger partial charge >= 0.3 is 0 Å². The van der Waals surface area contributed by atoms with Gasteiger partial charge in [-0.1, -0.05) is 12.1 Å². The smallest absolute Gasteiger partial charge is 0.191 e. The zero-order valence-electron chi connectivity index (χ0n) is 18.5. The van der Waals surface area contributed by atoms with Crippen LogP contribution in [0.1, 0.15) is 25.2 Å². The third kappa shape index (κ3) is 7.57. The highest BCUT2D eigenvalue weighted by atomic mass is 16.5. The minimum Gasteiger partial charge on any atom is -0.492 e. The molecule has 8 heteroatoms. The van der Waals surface area contributed by atoms with Crippen molar-refractivity contribution in [3.8, 4) is 5.75 Å². The molecule has 31 heavy (non-hydrogen) atoms. The van der Waals surface area contributed by atoms with Gasteiger partial charge in [0, 0.05) is 26.2 Å². The number of guanidine groups is 1. The van der Waals surface area contributed by atoms with Gasteiger partial charge in [0.25, 0.3) is 0 Å². The molecule has 1 aliphatic heterocycles. The van der Waals surface area contributed by atoms with Crippen molar-refractivity contribution in [2.45, 2.75) is 26.0 Å². The van der Waals surface area contributed by atoms with E-state index in [0.717, 1.165) is 50.7 Å². The predicted octanol–water partition coefficient (Wildman–Crippen LogP) is 1.95. The average Bonchev–Trinajstić information content (AvgIpc) is 3.33. The van der Waals surface area contributed by atoms with Gasteiger partial charge in [0.1, 0.15) is 23.7 Å². The summed E-state index contributed by atoms with van der Waals surface area (Å²) in [6.45, 7) is 10.3. The van der Waals surface area contributed by atoms with Crippen LogP contribution >= 0.6 is 0 Å². The zero-order chi connectivity index (χ0) is 21.9. The van der Waals surface area contributed by atoms with Crippen molar-refractivity contribution in [3.63, 3.8) is 0 Å².